The van der Waals surface area contributed by atoms with E-state index in [1.54, 1.807) is 12.1 Å². The van der Waals surface area contributed by atoms with Crippen molar-refractivity contribution in [1.82, 2.24) is 0 Å². The predicted octanol–water partition coefficient (Wildman–Crippen LogP) is 0.780. The summed E-state index contributed by atoms with van der Waals surface area (Å²) in [5, 5.41) is 9.11. The molecule has 1 aromatic rings. The summed E-state index contributed by atoms with van der Waals surface area (Å²) in [6.07, 6.45) is 0. The second kappa shape index (κ2) is 2.84. The average Bonchev–Trinajstić information content (AvgIpc) is 1.85. The maximum Gasteiger partial charge on any atom is 0.253 e. The van der Waals surface area contributed by atoms with Crippen molar-refractivity contribution < 1.29 is 9.90 Å². The SMILES string of the molecule is NC(=O)c1c(O)cccc1S. The molecule has 3 nitrogen and oxygen atoms in total. The zero-order valence-corrected chi connectivity index (χ0v) is 6.51. The zero-order chi connectivity index (χ0) is 8.43. The van der Waals surface area contributed by atoms with E-state index in [0.29, 0.717) is 4.90 Å². The number of thiol groups is 1. The molecule has 0 atom stereocenters. The lowest BCUT2D eigenvalue weighted by Crippen LogP contribution is -2.11. The van der Waals surface area contributed by atoms with Crippen molar-refractivity contribution in [3.8, 4) is 5.75 Å². The summed E-state index contributed by atoms with van der Waals surface area (Å²) in [4.78, 5) is 11.0. The van der Waals surface area contributed by atoms with Crippen LogP contribution in [-0.4, -0.2) is 11.0 Å². The smallest absolute Gasteiger partial charge is 0.253 e. The Morgan fingerprint density at radius 3 is 2.55 bits per heavy atom. The number of amides is 1. The summed E-state index contributed by atoms with van der Waals surface area (Å²) in [5.41, 5.74) is 5.03. The van der Waals surface area contributed by atoms with E-state index in [1.165, 1.54) is 6.07 Å². The summed E-state index contributed by atoms with van der Waals surface area (Å²) in [7, 11) is 0. The van der Waals surface area contributed by atoms with E-state index in [-0.39, 0.29) is 11.3 Å². The first-order chi connectivity index (χ1) is 5.13. The maximum absolute atomic E-state index is 10.7. The first-order valence-electron chi connectivity index (χ1n) is 2.93. The number of hydrogen-bond acceptors (Lipinski definition) is 3. The van der Waals surface area contributed by atoms with Gasteiger partial charge in [0.1, 0.15) is 5.75 Å². The van der Waals surface area contributed by atoms with Crippen LogP contribution >= 0.6 is 12.6 Å². The fourth-order valence-corrected chi connectivity index (χ4v) is 1.09. The summed E-state index contributed by atoms with van der Waals surface area (Å²) in [6, 6.07) is 4.56. The van der Waals surface area contributed by atoms with Gasteiger partial charge in [0, 0.05) is 4.90 Å². The minimum Gasteiger partial charge on any atom is -0.507 e. The van der Waals surface area contributed by atoms with Crippen molar-refractivity contribution in [2.24, 2.45) is 5.73 Å². The van der Waals surface area contributed by atoms with Gasteiger partial charge in [-0.15, -0.1) is 12.6 Å². The number of carbonyl (C=O) groups is 1. The van der Waals surface area contributed by atoms with Gasteiger partial charge < -0.3 is 10.8 Å². The quantitative estimate of drug-likeness (QED) is 0.544. The van der Waals surface area contributed by atoms with Gasteiger partial charge in [0.05, 0.1) is 5.56 Å². The molecular weight excluding hydrogens is 162 g/mol. The van der Waals surface area contributed by atoms with Gasteiger partial charge in [0.15, 0.2) is 0 Å². The van der Waals surface area contributed by atoms with Crippen LogP contribution < -0.4 is 5.73 Å². The average molecular weight is 169 g/mol. The van der Waals surface area contributed by atoms with Gasteiger partial charge in [-0.05, 0) is 12.1 Å². The van der Waals surface area contributed by atoms with E-state index in [0.717, 1.165) is 0 Å². The Balaban J connectivity index is 3.32. The molecule has 1 rings (SSSR count). The fourth-order valence-electron chi connectivity index (χ4n) is 0.781. The zero-order valence-electron chi connectivity index (χ0n) is 5.61. The molecule has 0 saturated carbocycles. The molecule has 11 heavy (non-hydrogen) atoms. The van der Waals surface area contributed by atoms with Crippen molar-refractivity contribution in [2.75, 3.05) is 0 Å². The Labute approximate surface area is 69.2 Å². The molecule has 0 fully saturated rings. The van der Waals surface area contributed by atoms with Crippen LogP contribution in [0.1, 0.15) is 10.4 Å². The molecule has 0 bridgehead atoms. The molecule has 0 aliphatic heterocycles. The highest BCUT2D eigenvalue weighted by Crippen LogP contribution is 2.22. The highest BCUT2D eigenvalue weighted by atomic mass is 32.1. The van der Waals surface area contributed by atoms with E-state index in [9.17, 15) is 4.79 Å². The number of aromatic hydroxyl groups is 1. The van der Waals surface area contributed by atoms with Crippen molar-refractivity contribution in [3.05, 3.63) is 23.8 Å². The van der Waals surface area contributed by atoms with Gasteiger partial charge in [-0.3, -0.25) is 4.79 Å². The standard InChI is InChI=1S/C7H7NO2S/c8-7(10)6-4(9)2-1-3-5(6)11/h1-3,9,11H,(H2,8,10). The molecular formula is C7H7NO2S. The lowest BCUT2D eigenvalue weighted by molar-refractivity contribution is 0.0995. The van der Waals surface area contributed by atoms with E-state index < -0.39 is 5.91 Å². The third-order valence-corrected chi connectivity index (χ3v) is 1.64. The molecule has 4 heteroatoms. The number of benzene rings is 1. The van der Waals surface area contributed by atoms with Gasteiger partial charge >= 0.3 is 0 Å². The molecule has 3 N–H and O–H groups in total. The van der Waals surface area contributed by atoms with E-state index in [4.69, 9.17) is 10.8 Å². The van der Waals surface area contributed by atoms with Crippen LogP contribution in [0.15, 0.2) is 23.1 Å². The number of primary amides is 1. The topological polar surface area (TPSA) is 63.3 Å². The Bertz CT molecular complexity index is 278. The molecule has 58 valence electrons. The van der Waals surface area contributed by atoms with E-state index >= 15 is 0 Å². The Morgan fingerprint density at radius 1 is 1.55 bits per heavy atom. The lowest BCUT2D eigenvalue weighted by atomic mass is 10.2. The molecule has 0 unspecified atom stereocenters. The van der Waals surface area contributed by atoms with Crippen LogP contribution in [0.4, 0.5) is 0 Å². The Morgan fingerprint density at radius 2 is 2.18 bits per heavy atom. The highest BCUT2D eigenvalue weighted by Gasteiger charge is 2.09. The Kier molecular flexibility index (Phi) is 2.05. The van der Waals surface area contributed by atoms with Crippen molar-refractivity contribution in [2.45, 2.75) is 4.90 Å². The molecule has 0 saturated heterocycles. The highest BCUT2D eigenvalue weighted by molar-refractivity contribution is 7.80. The molecule has 0 aromatic heterocycles. The van der Waals surface area contributed by atoms with Gasteiger partial charge in [0.25, 0.3) is 5.91 Å². The molecule has 0 heterocycles. The number of carbonyl (C=O) groups excluding carboxylic acids is 1. The summed E-state index contributed by atoms with van der Waals surface area (Å²) in [5.74, 6) is -0.807. The Hall–Kier alpha value is -1.16. The number of phenols is 1. The molecule has 0 radical (unpaired) electrons. The maximum atomic E-state index is 10.7. The second-order valence-corrected chi connectivity index (χ2v) is 2.52. The van der Waals surface area contributed by atoms with Gasteiger partial charge in [0.2, 0.25) is 0 Å². The monoisotopic (exact) mass is 169 g/mol. The van der Waals surface area contributed by atoms with Crippen molar-refractivity contribution in [1.29, 1.82) is 0 Å². The van der Waals surface area contributed by atoms with Gasteiger partial charge in [-0.2, -0.15) is 0 Å². The minimum absolute atomic E-state index is 0.0656. The summed E-state index contributed by atoms with van der Waals surface area (Å²) in [6.45, 7) is 0. The molecule has 0 aliphatic carbocycles. The number of rotatable bonds is 1. The number of hydrogen-bond donors (Lipinski definition) is 3. The largest absolute Gasteiger partial charge is 0.507 e. The molecule has 0 aliphatic rings. The normalized spacial score (nSPS) is 9.55. The van der Waals surface area contributed by atoms with Crippen molar-refractivity contribution in [3.63, 3.8) is 0 Å². The van der Waals surface area contributed by atoms with E-state index in [1.807, 2.05) is 0 Å². The second-order valence-electron chi connectivity index (χ2n) is 2.04. The van der Waals surface area contributed by atoms with Crippen LogP contribution in [0.3, 0.4) is 0 Å². The van der Waals surface area contributed by atoms with Crippen LogP contribution in [0, 0.1) is 0 Å². The molecule has 1 aromatic carbocycles. The van der Waals surface area contributed by atoms with Gasteiger partial charge in [-0.25, -0.2) is 0 Å². The first-order valence-corrected chi connectivity index (χ1v) is 3.38. The fraction of sp³-hybridized carbons (Fsp3) is 0. The first kappa shape index (κ1) is 7.94. The van der Waals surface area contributed by atoms with E-state index in [2.05, 4.69) is 12.6 Å². The van der Waals surface area contributed by atoms with Crippen LogP contribution in [0.25, 0.3) is 0 Å². The predicted molar refractivity (Wildman–Crippen MR) is 43.9 cm³/mol. The summed E-state index contributed by atoms with van der Waals surface area (Å²) >= 11 is 3.95. The lowest BCUT2D eigenvalue weighted by Gasteiger charge is -2.01. The van der Waals surface area contributed by atoms with Gasteiger partial charge in [-0.1, -0.05) is 6.07 Å². The minimum atomic E-state index is -0.673. The third kappa shape index (κ3) is 1.46. The van der Waals surface area contributed by atoms with Crippen LogP contribution in [0.5, 0.6) is 5.75 Å². The number of nitrogens with two attached hydrogens (primary N) is 1. The van der Waals surface area contributed by atoms with Crippen LogP contribution in [0.2, 0.25) is 0 Å². The van der Waals surface area contributed by atoms with Crippen LogP contribution in [-0.2, 0) is 0 Å². The van der Waals surface area contributed by atoms with Crippen molar-refractivity contribution >= 4 is 18.5 Å². The third-order valence-electron chi connectivity index (χ3n) is 1.27. The molecule has 0 spiro atoms. The molecule has 1 amide bonds. The summed E-state index contributed by atoms with van der Waals surface area (Å²) < 4.78 is 0.